The van der Waals surface area contributed by atoms with Gasteiger partial charge in [-0.05, 0) is 43.2 Å². The number of esters is 1. The summed E-state index contributed by atoms with van der Waals surface area (Å²) in [6.07, 6.45) is 0.860. The molecule has 1 rings (SSSR count). The van der Waals surface area contributed by atoms with Crippen LogP contribution in [0.3, 0.4) is 0 Å². The molecule has 0 N–H and O–H groups in total. The predicted octanol–water partition coefficient (Wildman–Crippen LogP) is 3.30. The van der Waals surface area contributed by atoms with E-state index in [1.165, 1.54) is 24.3 Å². The Balaban J connectivity index is 2.29. The molecular formula is C15H17FO3. The van der Waals surface area contributed by atoms with Gasteiger partial charge in [0.25, 0.3) is 0 Å². The Bertz CT molecular complexity index is 463. The summed E-state index contributed by atoms with van der Waals surface area (Å²) >= 11 is 0. The van der Waals surface area contributed by atoms with Gasteiger partial charge in [0, 0.05) is 18.4 Å². The van der Waals surface area contributed by atoms with Crippen molar-refractivity contribution in [3.8, 4) is 0 Å². The molecule has 0 unspecified atom stereocenters. The summed E-state index contributed by atoms with van der Waals surface area (Å²) in [6, 6.07) is 5.37. The third-order valence-electron chi connectivity index (χ3n) is 2.43. The second kappa shape index (κ2) is 7.46. The van der Waals surface area contributed by atoms with Crippen LogP contribution in [-0.2, 0) is 9.53 Å². The second-order valence-corrected chi connectivity index (χ2v) is 4.40. The molecule has 0 fully saturated rings. The van der Waals surface area contributed by atoms with Crippen LogP contribution in [-0.4, -0.2) is 18.4 Å². The Kier molecular flexibility index (Phi) is 5.93. The van der Waals surface area contributed by atoms with Crippen molar-refractivity contribution in [2.45, 2.75) is 26.2 Å². The van der Waals surface area contributed by atoms with Crippen molar-refractivity contribution in [3.05, 3.63) is 47.8 Å². The summed E-state index contributed by atoms with van der Waals surface area (Å²) in [4.78, 5) is 23.0. The standard InChI is InChI=1S/C15H17FO3/c1-11(2)10-19-15(18)5-3-4-14(17)12-6-8-13(16)9-7-12/h6-9H,1,3-5,10H2,2H3. The lowest BCUT2D eigenvalue weighted by Gasteiger charge is -2.04. The first-order valence-electron chi connectivity index (χ1n) is 6.08. The number of hydrogen-bond acceptors (Lipinski definition) is 3. The maximum absolute atomic E-state index is 12.7. The molecule has 0 aliphatic heterocycles. The molecule has 4 heteroatoms. The number of rotatable bonds is 7. The molecule has 19 heavy (non-hydrogen) atoms. The SMILES string of the molecule is C=C(C)COC(=O)CCCC(=O)c1ccc(F)cc1. The van der Waals surface area contributed by atoms with Crippen LogP contribution in [0.2, 0.25) is 0 Å². The molecule has 0 aliphatic carbocycles. The highest BCUT2D eigenvalue weighted by atomic mass is 19.1. The van der Waals surface area contributed by atoms with Crippen molar-refractivity contribution < 1.29 is 18.7 Å². The summed E-state index contributed by atoms with van der Waals surface area (Å²) in [7, 11) is 0. The van der Waals surface area contributed by atoms with E-state index in [1.807, 2.05) is 0 Å². The van der Waals surface area contributed by atoms with E-state index in [0.717, 1.165) is 5.57 Å². The Morgan fingerprint density at radius 1 is 1.21 bits per heavy atom. The van der Waals surface area contributed by atoms with Crippen molar-refractivity contribution in [2.24, 2.45) is 0 Å². The smallest absolute Gasteiger partial charge is 0.306 e. The fourth-order valence-corrected chi connectivity index (χ4v) is 1.45. The highest BCUT2D eigenvalue weighted by Gasteiger charge is 2.08. The quantitative estimate of drug-likeness (QED) is 0.431. The molecule has 102 valence electrons. The van der Waals surface area contributed by atoms with Gasteiger partial charge in [0.2, 0.25) is 0 Å². The van der Waals surface area contributed by atoms with E-state index in [9.17, 15) is 14.0 Å². The van der Waals surface area contributed by atoms with Gasteiger partial charge in [0.1, 0.15) is 12.4 Å². The van der Waals surface area contributed by atoms with Crippen LogP contribution in [0.15, 0.2) is 36.4 Å². The molecule has 1 aromatic rings. The normalized spacial score (nSPS) is 10.0. The van der Waals surface area contributed by atoms with Crippen LogP contribution in [0, 0.1) is 5.82 Å². The largest absolute Gasteiger partial charge is 0.461 e. The van der Waals surface area contributed by atoms with E-state index in [0.29, 0.717) is 12.0 Å². The lowest BCUT2D eigenvalue weighted by Crippen LogP contribution is -2.07. The molecule has 0 atom stereocenters. The zero-order valence-corrected chi connectivity index (χ0v) is 10.9. The number of carbonyl (C=O) groups excluding carboxylic acids is 2. The van der Waals surface area contributed by atoms with Crippen molar-refractivity contribution in [3.63, 3.8) is 0 Å². The summed E-state index contributed by atoms with van der Waals surface area (Å²) in [6.45, 7) is 5.60. The maximum atomic E-state index is 12.7. The van der Waals surface area contributed by atoms with Crippen LogP contribution in [0.25, 0.3) is 0 Å². The lowest BCUT2D eigenvalue weighted by atomic mass is 10.1. The van der Waals surface area contributed by atoms with Gasteiger partial charge in [-0.3, -0.25) is 9.59 Å². The summed E-state index contributed by atoms with van der Waals surface area (Å²) in [5.74, 6) is -0.817. The van der Waals surface area contributed by atoms with Crippen LogP contribution < -0.4 is 0 Å². The minimum atomic E-state index is -0.375. The highest BCUT2D eigenvalue weighted by molar-refractivity contribution is 5.96. The van der Waals surface area contributed by atoms with Gasteiger partial charge in [0.15, 0.2) is 5.78 Å². The van der Waals surface area contributed by atoms with Crippen molar-refractivity contribution in [1.82, 2.24) is 0 Å². The highest BCUT2D eigenvalue weighted by Crippen LogP contribution is 2.09. The fourth-order valence-electron chi connectivity index (χ4n) is 1.45. The van der Waals surface area contributed by atoms with Gasteiger partial charge in [-0.2, -0.15) is 0 Å². The van der Waals surface area contributed by atoms with E-state index in [1.54, 1.807) is 6.92 Å². The lowest BCUT2D eigenvalue weighted by molar-refractivity contribution is -0.142. The Labute approximate surface area is 112 Å². The van der Waals surface area contributed by atoms with E-state index in [2.05, 4.69) is 6.58 Å². The molecule has 0 spiro atoms. The van der Waals surface area contributed by atoms with E-state index < -0.39 is 0 Å². The monoisotopic (exact) mass is 264 g/mol. The molecule has 0 radical (unpaired) electrons. The van der Waals surface area contributed by atoms with Crippen LogP contribution in [0.1, 0.15) is 36.5 Å². The molecule has 1 aromatic carbocycles. The predicted molar refractivity (Wildman–Crippen MR) is 70.4 cm³/mol. The number of ketones is 1. The number of ether oxygens (including phenoxy) is 1. The zero-order chi connectivity index (χ0) is 14.3. The zero-order valence-electron chi connectivity index (χ0n) is 10.9. The third-order valence-corrected chi connectivity index (χ3v) is 2.43. The number of halogens is 1. The first-order chi connectivity index (χ1) is 8.99. The summed E-state index contributed by atoms with van der Waals surface area (Å²) in [5.41, 5.74) is 1.23. The van der Waals surface area contributed by atoms with Crippen molar-refractivity contribution in [2.75, 3.05) is 6.61 Å². The average molecular weight is 264 g/mol. The number of carbonyl (C=O) groups is 2. The second-order valence-electron chi connectivity index (χ2n) is 4.40. The van der Waals surface area contributed by atoms with Gasteiger partial charge in [0.05, 0.1) is 0 Å². The van der Waals surface area contributed by atoms with Gasteiger partial charge < -0.3 is 4.74 Å². The van der Waals surface area contributed by atoms with E-state index in [4.69, 9.17) is 4.74 Å². The third kappa shape index (κ3) is 5.95. The van der Waals surface area contributed by atoms with Gasteiger partial charge in [-0.15, -0.1) is 0 Å². The number of Topliss-reactive ketones (excluding diaryl/α,β-unsaturated/α-hetero) is 1. The van der Waals surface area contributed by atoms with Gasteiger partial charge in [-0.1, -0.05) is 6.58 Å². The molecule has 0 heterocycles. The molecule has 0 aliphatic rings. The Morgan fingerprint density at radius 3 is 2.42 bits per heavy atom. The van der Waals surface area contributed by atoms with Crippen molar-refractivity contribution >= 4 is 11.8 Å². The first kappa shape index (κ1) is 15.1. The molecule has 3 nitrogen and oxygen atoms in total. The minimum Gasteiger partial charge on any atom is -0.461 e. The van der Waals surface area contributed by atoms with Gasteiger partial charge in [-0.25, -0.2) is 4.39 Å². The van der Waals surface area contributed by atoms with Crippen LogP contribution in [0.4, 0.5) is 4.39 Å². The molecule has 0 amide bonds. The molecule has 0 bridgehead atoms. The summed E-state index contributed by atoms with van der Waals surface area (Å²) < 4.78 is 17.6. The van der Waals surface area contributed by atoms with E-state index >= 15 is 0 Å². The number of benzene rings is 1. The fraction of sp³-hybridized carbons (Fsp3) is 0.333. The molecule has 0 saturated heterocycles. The maximum Gasteiger partial charge on any atom is 0.306 e. The summed E-state index contributed by atoms with van der Waals surface area (Å²) in [5, 5.41) is 0. The van der Waals surface area contributed by atoms with E-state index in [-0.39, 0.29) is 37.0 Å². The van der Waals surface area contributed by atoms with Gasteiger partial charge >= 0.3 is 5.97 Å². The number of hydrogen-bond donors (Lipinski definition) is 0. The average Bonchev–Trinajstić information content (AvgIpc) is 2.37. The molecule has 0 saturated carbocycles. The minimum absolute atomic E-state index is 0.104. The van der Waals surface area contributed by atoms with Crippen LogP contribution >= 0.6 is 0 Å². The van der Waals surface area contributed by atoms with Crippen molar-refractivity contribution in [1.29, 1.82) is 0 Å². The van der Waals surface area contributed by atoms with Crippen LogP contribution in [0.5, 0.6) is 0 Å². The Hall–Kier alpha value is -1.97. The molecular weight excluding hydrogens is 247 g/mol. The Morgan fingerprint density at radius 2 is 1.84 bits per heavy atom. The first-order valence-corrected chi connectivity index (χ1v) is 6.08. The molecule has 0 aromatic heterocycles. The topological polar surface area (TPSA) is 43.4 Å².